The SMILES string of the molecule is Cc1ccc2c(oc3c(-c4ccc5c6c7c(cc5c4)Oc4ccc(C(C)(C)C)cc4B7c4cc(C(C)(C)C)ccc4O6)cccc32)c1-c1cccc[n+]1C. The third-order valence-electron chi connectivity index (χ3n) is 11.7. The molecule has 6 aromatic carbocycles. The Labute approximate surface area is 317 Å². The average molecular weight is 705 g/mol. The van der Waals surface area contributed by atoms with Crippen molar-refractivity contribution in [2.45, 2.75) is 59.3 Å². The fraction of sp³-hybridized carbons (Fsp3) is 0.204. The molecule has 0 radical (unpaired) electrons. The van der Waals surface area contributed by atoms with E-state index in [4.69, 9.17) is 13.9 Å². The van der Waals surface area contributed by atoms with Gasteiger partial charge < -0.3 is 13.9 Å². The van der Waals surface area contributed by atoms with Crippen LogP contribution in [0, 0.1) is 6.92 Å². The van der Waals surface area contributed by atoms with Gasteiger partial charge in [-0.05, 0) is 86.7 Å². The van der Waals surface area contributed by atoms with Crippen molar-refractivity contribution in [3.8, 4) is 45.4 Å². The second-order valence-corrected chi connectivity index (χ2v) is 17.3. The first-order chi connectivity index (χ1) is 25.8. The Morgan fingerprint density at radius 1 is 0.593 bits per heavy atom. The van der Waals surface area contributed by atoms with E-state index in [1.807, 2.05) is 0 Å². The van der Waals surface area contributed by atoms with Gasteiger partial charge in [0, 0.05) is 39.3 Å². The highest BCUT2D eigenvalue weighted by molar-refractivity contribution is 6.98. The molecule has 0 N–H and O–H groups in total. The fourth-order valence-corrected chi connectivity index (χ4v) is 8.66. The number of pyridine rings is 1. The molecule has 0 atom stereocenters. The van der Waals surface area contributed by atoms with E-state index in [-0.39, 0.29) is 17.5 Å². The lowest BCUT2D eigenvalue weighted by atomic mass is 9.34. The second kappa shape index (κ2) is 11.4. The summed E-state index contributed by atoms with van der Waals surface area (Å²) in [5.41, 5.74) is 13.4. The summed E-state index contributed by atoms with van der Waals surface area (Å²) in [5, 5.41) is 4.35. The average Bonchev–Trinajstić information content (AvgIpc) is 3.52. The molecule has 4 heterocycles. The van der Waals surface area contributed by atoms with Gasteiger partial charge in [-0.2, -0.15) is 0 Å². The predicted octanol–water partition coefficient (Wildman–Crippen LogP) is 10.5. The summed E-state index contributed by atoms with van der Waals surface area (Å²) in [5.74, 6) is 3.53. The van der Waals surface area contributed by atoms with Crippen molar-refractivity contribution in [3.63, 3.8) is 0 Å². The van der Waals surface area contributed by atoms with Crippen LogP contribution in [-0.4, -0.2) is 6.71 Å². The fourth-order valence-electron chi connectivity index (χ4n) is 8.66. The van der Waals surface area contributed by atoms with Crippen molar-refractivity contribution in [1.82, 2.24) is 0 Å². The molecular formula is C49H43BNO3+. The molecule has 264 valence electrons. The highest BCUT2D eigenvalue weighted by Gasteiger charge is 2.42. The van der Waals surface area contributed by atoms with E-state index >= 15 is 0 Å². The van der Waals surface area contributed by atoms with E-state index in [1.165, 1.54) is 27.6 Å². The lowest BCUT2D eigenvalue weighted by Gasteiger charge is -2.35. The molecule has 10 rings (SSSR count). The Morgan fingerprint density at radius 2 is 1.28 bits per heavy atom. The van der Waals surface area contributed by atoms with Crippen LogP contribution in [0.15, 0.2) is 120 Å². The predicted molar refractivity (Wildman–Crippen MR) is 223 cm³/mol. The summed E-state index contributed by atoms with van der Waals surface area (Å²) in [6.45, 7) is 15.8. The van der Waals surface area contributed by atoms with Gasteiger partial charge in [0.1, 0.15) is 41.2 Å². The molecule has 4 nitrogen and oxygen atoms in total. The van der Waals surface area contributed by atoms with Gasteiger partial charge in [0.05, 0.1) is 5.56 Å². The molecular weight excluding hydrogens is 661 g/mol. The maximum absolute atomic E-state index is 6.95. The lowest BCUT2D eigenvalue weighted by Crippen LogP contribution is -2.57. The maximum atomic E-state index is 6.95. The first-order valence-electron chi connectivity index (χ1n) is 19.0. The Bertz CT molecular complexity index is 2860. The van der Waals surface area contributed by atoms with Gasteiger partial charge >= 0.3 is 0 Å². The zero-order chi connectivity index (χ0) is 37.3. The first kappa shape index (κ1) is 32.8. The van der Waals surface area contributed by atoms with Gasteiger partial charge in [-0.25, -0.2) is 4.57 Å². The van der Waals surface area contributed by atoms with Gasteiger partial charge in [-0.15, -0.1) is 0 Å². The summed E-state index contributed by atoms with van der Waals surface area (Å²) in [7, 11) is 2.09. The number of para-hydroxylation sites is 1. The number of aromatic nitrogens is 1. The molecule has 0 fully saturated rings. The van der Waals surface area contributed by atoms with E-state index in [9.17, 15) is 0 Å². The highest BCUT2D eigenvalue weighted by Crippen LogP contribution is 2.44. The number of ether oxygens (including phenoxy) is 2. The molecule has 54 heavy (non-hydrogen) atoms. The van der Waals surface area contributed by atoms with Crippen LogP contribution in [0.4, 0.5) is 0 Å². The number of fused-ring (bicyclic) bond motifs is 9. The third-order valence-corrected chi connectivity index (χ3v) is 11.7. The topological polar surface area (TPSA) is 35.5 Å². The largest absolute Gasteiger partial charge is 0.458 e. The molecule has 0 aliphatic carbocycles. The zero-order valence-electron chi connectivity index (χ0n) is 32.2. The van der Waals surface area contributed by atoms with E-state index in [2.05, 4.69) is 175 Å². The van der Waals surface area contributed by atoms with E-state index in [0.29, 0.717) is 0 Å². The van der Waals surface area contributed by atoms with Crippen LogP contribution in [0.25, 0.3) is 55.1 Å². The molecule has 0 saturated heterocycles. The van der Waals surface area contributed by atoms with Gasteiger partial charge in [-0.1, -0.05) is 108 Å². The van der Waals surface area contributed by atoms with Crippen LogP contribution in [0.2, 0.25) is 0 Å². The normalized spacial score (nSPS) is 13.4. The van der Waals surface area contributed by atoms with Crippen LogP contribution in [0.1, 0.15) is 58.2 Å². The van der Waals surface area contributed by atoms with E-state index < -0.39 is 0 Å². The number of hydrogen-bond acceptors (Lipinski definition) is 3. The Morgan fingerprint density at radius 3 is 1.98 bits per heavy atom. The zero-order valence-corrected chi connectivity index (χ0v) is 32.2. The van der Waals surface area contributed by atoms with E-state index in [1.54, 1.807) is 0 Å². The number of rotatable bonds is 2. The smallest absolute Gasteiger partial charge is 0.260 e. The van der Waals surface area contributed by atoms with Crippen LogP contribution in [0.5, 0.6) is 23.0 Å². The van der Waals surface area contributed by atoms with Crippen LogP contribution >= 0.6 is 0 Å². The van der Waals surface area contributed by atoms with Crippen molar-refractivity contribution < 1.29 is 18.5 Å². The quantitative estimate of drug-likeness (QED) is 0.133. The minimum Gasteiger partial charge on any atom is -0.458 e. The second-order valence-electron chi connectivity index (χ2n) is 17.3. The minimum absolute atomic E-state index is 0.00171. The van der Waals surface area contributed by atoms with Crippen LogP contribution < -0.4 is 30.4 Å². The molecule has 8 aromatic rings. The number of benzene rings is 6. The van der Waals surface area contributed by atoms with Gasteiger partial charge in [0.25, 0.3) is 6.71 Å². The van der Waals surface area contributed by atoms with Crippen LogP contribution in [0.3, 0.4) is 0 Å². The number of furan rings is 1. The van der Waals surface area contributed by atoms with Crippen molar-refractivity contribution >= 4 is 55.8 Å². The molecule has 0 bridgehead atoms. The number of aryl methyl sites for hydroxylation is 2. The molecule has 5 heteroatoms. The maximum Gasteiger partial charge on any atom is 0.260 e. The Hall–Kier alpha value is -5.81. The monoisotopic (exact) mass is 704 g/mol. The van der Waals surface area contributed by atoms with Crippen molar-refractivity contribution in [3.05, 3.63) is 132 Å². The molecule has 2 aliphatic heterocycles. The molecule has 0 spiro atoms. The van der Waals surface area contributed by atoms with E-state index in [0.717, 1.165) is 83.6 Å². The summed E-state index contributed by atoms with van der Waals surface area (Å²) in [6, 6.07) is 39.6. The number of hydrogen-bond donors (Lipinski definition) is 0. The van der Waals surface area contributed by atoms with Gasteiger partial charge in [-0.3, -0.25) is 0 Å². The Kier molecular flexibility index (Phi) is 6.90. The first-order valence-corrected chi connectivity index (χ1v) is 19.0. The molecule has 0 amide bonds. The lowest BCUT2D eigenvalue weighted by molar-refractivity contribution is -0.660. The molecule has 2 aliphatic rings. The van der Waals surface area contributed by atoms with Crippen molar-refractivity contribution in [2.24, 2.45) is 7.05 Å². The molecule has 2 aromatic heterocycles. The molecule has 0 saturated carbocycles. The van der Waals surface area contributed by atoms with Gasteiger partial charge in [0.2, 0.25) is 5.69 Å². The van der Waals surface area contributed by atoms with Gasteiger partial charge in [0.15, 0.2) is 6.20 Å². The summed E-state index contributed by atoms with van der Waals surface area (Å²) in [4.78, 5) is 0. The summed E-state index contributed by atoms with van der Waals surface area (Å²) >= 11 is 0. The van der Waals surface area contributed by atoms with Crippen LogP contribution in [-0.2, 0) is 17.9 Å². The highest BCUT2D eigenvalue weighted by atomic mass is 16.5. The standard InChI is InChI=1S/C49H43BNO3/c1-28-15-19-36-35-13-11-12-33(45(35)54-46(36)43(28)39-14-9-10-23-51(39)8)29-16-20-34-30(24-29)25-42-44-47(34)53-41-22-18-32(49(5,6)7)27-38(41)50(44)37-26-31(48(2,3)4)17-21-40(37)52-42/h9-27H,1-8H3/q+1. The summed E-state index contributed by atoms with van der Waals surface area (Å²) in [6.07, 6.45) is 2.09. The van der Waals surface area contributed by atoms with Crippen molar-refractivity contribution in [1.29, 1.82) is 0 Å². The molecule has 0 unspecified atom stereocenters. The third kappa shape index (κ3) is 4.87. The summed E-state index contributed by atoms with van der Waals surface area (Å²) < 4.78 is 22.9. The Balaban J connectivity index is 1.17. The minimum atomic E-state index is -0.00968. The number of nitrogens with zero attached hydrogens (tertiary/aromatic N) is 1. The van der Waals surface area contributed by atoms with Crippen molar-refractivity contribution in [2.75, 3.05) is 0 Å².